The number of nitrogens with zero attached hydrogens (tertiary/aromatic N) is 3. The van der Waals surface area contributed by atoms with Crippen LogP contribution in [0.15, 0.2) is 72.8 Å². The molecule has 0 saturated carbocycles. The highest BCUT2D eigenvalue weighted by Crippen LogP contribution is 2.23. The van der Waals surface area contributed by atoms with E-state index in [-0.39, 0.29) is 12.5 Å². The van der Waals surface area contributed by atoms with Gasteiger partial charge in [-0.05, 0) is 67.2 Å². The van der Waals surface area contributed by atoms with Crippen molar-refractivity contribution in [1.29, 1.82) is 0 Å². The normalized spacial score (nSPS) is 10.8. The number of nitrogens with one attached hydrogen (secondary N) is 2. The van der Waals surface area contributed by atoms with Gasteiger partial charge in [-0.2, -0.15) is 5.10 Å². The first-order valence-electron chi connectivity index (χ1n) is 10.2. The molecule has 1 amide bonds. The molecule has 0 radical (unpaired) electrons. The van der Waals surface area contributed by atoms with Gasteiger partial charge in [0.05, 0.1) is 6.54 Å². The fraction of sp³-hybridized carbons (Fsp3) is 0.125. The van der Waals surface area contributed by atoms with Crippen LogP contribution in [0.3, 0.4) is 0 Å². The van der Waals surface area contributed by atoms with Crippen LogP contribution in [0.1, 0.15) is 11.4 Å². The number of carbonyl (C=O) groups excluding carboxylic acids is 1. The molecule has 0 saturated heterocycles. The fourth-order valence-electron chi connectivity index (χ4n) is 3.35. The van der Waals surface area contributed by atoms with Crippen LogP contribution >= 0.6 is 35.4 Å². The minimum Gasteiger partial charge on any atom is -0.378 e. The van der Waals surface area contributed by atoms with Crippen LogP contribution < -0.4 is 10.6 Å². The second kappa shape index (κ2) is 10.2. The average molecular weight is 498 g/mol. The first-order valence-corrected chi connectivity index (χ1v) is 11.4. The first-order chi connectivity index (χ1) is 15.9. The standard InChI is InChI=1S/C24H21Cl2N5OS/c1-16-20(26)11-6-12-21(16)28-23(32)15-30-24(33)31(19-9-3-2-4-10-19)22(29-30)14-27-18-8-5-7-17(25)13-18/h2-13,27H,14-15H2,1H3,(H,28,32). The summed E-state index contributed by atoms with van der Waals surface area (Å²) in [7, 11) is 0. The van der Waals surface area contributed by atoms with Crippen LogP contribution in [0.2, 0.25) is 10.0 Å². The molecule has 0 aliphatic heterocycles. The van der Waals surface area contributed by atoms with E-state index in [0.717, 1.165) is 16.9 Å². The van der Waals surface area contributed by atoms with Crippen molar-refractivity contribution in [3.63, 3.8) is 0 Å². The Morgan fingerprint density at radius 1 is 1.03 bits per heavy atom. The molecule has 1 aromatic heterocycles. The predicted molar refractivity (Wildman–Crippen MR) is 136 cm³/mol. The number of amides is 1. The third kappa shape index (κ3) is 5.45. The van der Waals surface area contributed by atoms with Gasteiger partial charge in [0, 0.05) is 27.1 Å². The number of rotatable bonds is 7. The minimum absolute atomic E-state index is 0.0330. The number of para-hydroxylation sites is 1. The zero-order valence-electron chi connectivity index (χ0n) is 17.8. The van der Waals surface area contributed by atoms with Gasteiger partial charge in [-0.3, -0.25) is 9.36 Å². The number of halogens is 2. The van der Waals surface area contributed by atoms with Crippen molar-refractivity contribution < 1.29 is 4.79 Å². The number of anilines is 2. The quantitative estimate of drug-likeness (QED) is 0.295. The molecule has 4 rings (SSSR count). The molecule has 3 aromatic carbocycles. The lowest BCUT2D eigenvalue weighted by molar-refractivity contribution is -0.116. The maximum absolute atomic E-state index is 12.8. The molecule has 0 aliphatic rings. The molecule has 6 nitrogen and oxygen atoms in total. The van der Waals surface area contributed by atoms with E-state index < -0.39 is 0 Å². The second-order valence-corrected chi connectivity index (χ2v) is 8.56. The highest BCUT2D eigenvalue weighted by Gasteiger charge is 2.15. The molecule has 9 heteroatoms. The van der Waals surface area contributed by atoms with Crippen LogP contribution in [0.5, 0.6) is 0 Å². The Bertz CT molecular complexity index is 1350. The zero-order chi connectivity index (χ0) is 23.4. The summed E-state index contributed by atoms with van der Waals surface area (Å²) < 4.78 is 3.79. The second-order valence-electron chi connectivity index (χ2n) is 7.35. The molecule has 0 aliphatic carbocycles. The van der Waals surface area contributed by atoms with Crippen molar-refractivity contribution in [1.82, 2.24) is 14.3 Å². The third-order valence-electron chi connectivity index (χ3n) is 5.03. The van der Waals surface area contributed by atoms with E-state index >= 15 is 0 Å². The summed E-state index contributed by atoms with van der Waals surface area (Å²) in [6.45, 7) is 2.21. The average Bonchev–Trinajstić information content (AvgIpc) is 3.11. The number of benzene rings is 3. The summed E-state index contributed by atoms with van der Waals surface area (Å²) in [6.07, 6.45) is 0. The highest BCUT2D eigenvalue weighted by atomic mass is 35.5. The van der Waals surface area contributed by atoms with Crippen molar-refractivity contribution in [2.45, 2.75) is 20.0 Å². The molecule has 4 aromatic rings. The zero-order valence-corrected chi connectivity index (χ0v) is 20.1. The van der Waals surface area contributed by atoms with Gasteiger partial charge in [-0.15, -0.1) is 0 Å². The Balaban J connectivity index is 1.61. The third-order valence-corrected chi connectivity index (χ3v) is 6.07. The Labute approximate surface area is 206 Å². The van der Waals surface area contributed by atoms with Crippen LogP contribution in [0.25, 0.3) is 5.69 Å². The molecule has 2 N–H and O–H groups in total. The van der Waals surface area contributed by atoms with E-state index in [0.29, 0.717) is 32.9 Å². The van der Waals surface area contributed by atoms with Gasteiger partial charge in [0.2, 0.25) is 10.7 Å². The van der Waals surface area contributed by atoms with Gasteiger partial charge >= 0.3 is 0 Å². The fourth-order valence-corrected chi connectivity index (χ4v) is 4.04. The molecular weight excluding hydrogens is 477 g/mol. The van der Waals surface area contributed by atoms with E-state index in [9.17, 15) is 4.79 Å². The number of carbonyl (C=O) groups is 1. The van der Waals surface area contributed by atoms with Crippen molar-refractivity contribution in [2.24, 2.45) is 0 Å². The Kier molecular flexibility index (Phi) is 7.13. The Morgan fingerprint density at radius 2 is 1.79 bits per heavy atom. The van der Waals surface area contributed by atoms with Gasteiger partial charge < -0.3 is 10.6 Å². The topological polar surface area (TPSA) is 63.9 Å². The monoisotopic (exact) mass is 497 g/mol. The number of hydrogen-bond donors (Lipinski definition) is 2. The molecule has 0 spiro atoms. The van der Waals surface area contributed by atoms with Gasteiger partial charge in [0.15, 0.2) is 5.82 Å². The SMILES string of the molecule is Cc1c(Cl)cccc1NC(=O)Cn1nc(CNc2cccc(Cl)c2)n(-c2ccccc2)c1=S. The molecule has 168 valence electrons. The van der Waals surface area contributed by atoms with Gasteiger partial charge in [0.25, 0.3) is 0 Å². The lowest BCUT2D eigenvalue weighted by Crippen LogP contribution is -2.20. The summed E-state index contributed by atoms with van der Waals surface area (Å²) in [5, 5.41) is 12.1. The van der Waals surface area contributed by atoms with Crippen molar-refractivity contribution in [3.05, 3.63) is 99.0 Å². The van der Waals surface area contributed by atoms with Gasteiger partial charge in [-0.25, -0.2) is 4.68 Å². The summed E-state index contributed by atoms with van der Waals surface area (Å²) in [4.78, 5) is 12.8. The molecule has 33 heavy (non-hydrogen) atoms. The van der Waals surface area contributed by atoms with Gasteiger partial charge in [-0.1, -0.05) is 53.5 Å². The van der Waals surface area contributed by atoms with E-state index in [1.54, 1.807) is 18.2 Å². The molecule has 0 unspecified atom stereocenters. The highest BCUT2D eigenvalue weighted by molar-refractivity contribution is 7.71. The van der Waals surface area contributed by atoms with Crippen molar-refractivity contribution in [3.8, 4) is 5.69 Å². The number of aromatic nitrogens is 3. The van der Waals surface area contributed by atoms with Crippen molar-refractivity contribution in [2.75, 3.05) is 10.6 Å². The molecule has 0 bridgehead atoms. The summed E-state index contributed by atoms with van der Waals surface area (Å²) in [5.74, 6) is 0.418. The lowest BCUT2D eigenvalue weighted by atomic mass is 10.2. The largest absolute Gasteiger partial charge is 0.378 e. The van der Waals surface area contributed by atoms with Crippen LogP contribution in [-0.4, -0.2) is 20.3 Å². The van der Waals surface area contributed by atoms with Crippen LogP contribution in [0, 0.1) is 11.7 Å². The van der Waals surface area contributed by atoms with Crippen LogP contribution in [0.4, 0.5) is 11.4 Å². The van der Waals surface area contributed by atoms with Gasteiger partial charge in [0.1, 0.15) is 6.54 Å². The number of hydrogen-bond acceptors (Lipinski definition) is 4. The minimum atomic E-state index is -0.247. The van der Waals surface area contributed by atoms with E-state index in [4.69, 9.17) is 35.4 Å². The summed E-state index contributed by atoms with van der Waals surface area (Å²) >= 11 is 17.9. The molecule has 1 heterocycles. The molecule has 0 atom stereocenters. The summed E-state index contributed by atoms with van der Waals surface area (Å²) in [5.41, 5.74) is 3.18. The van der Waals surface area contributed by atoms with E-state index in [2.05, 4.69) is 15.7 Å². The maximum atomic E-state index is 12.8. The summed E-state index contributed by atoms with van der Waals surface area (Å²) in [6, 6.07) is 22.5. The Morgan fingerprint density at radius 3 is 2.55 bits per heavy atom. The smallest absolute Gasteiger partial charge is 0.246 e. The first kappa shape index (κ1) is 23.0. The molecule has 0 fully saturated rings. The molecular formula is C24H21Cl2N5OS. The lowest BCUT2D eigenvalue weighted by Gasteiger charge is -2.09. The van der Waals surface area contributed by atoms with Crippen molar-refractivity contribution >= 4 is 52.7 Å². The van der Waals surface area contributed by atoms with E-state index in [1.165, 1.54) is 4.68 Å². The van der Waals surface area contributed by atoms with Crippen LogP contribution in [-0.2, 0) is 17.9 Å². The Hall–Kier alpha value is -3.13. The van der Waals surface area contributed by atoms with E-state index in [1.807, 2.05) is 66.1 Å². The predicted octanol–water partition coefficient (Wildman–Crippen LogP) is 6.27. The maximum Gasteiger partial charge on any atom is 0.246 e.